The summed E-state index contributed by atoms with van der Waals surface area (Å²) >= 11 is 6.73. The molecule has 2 heterocycles. The average Bonchev–Trinajstić information content (AvgIpc) is 3.31. The number of fused-ring (bicyclic) bond motifs is 1. The highest BCUT2D eigenvalue weighted by Crippen LogP contribution is 2.35. The van der Waals surface area contributed by atoms with Crippen molar-refractivity contribution in [2.24, 2.45) is 4.99 Å². The Labute approximate surface area is 277 Å². The van der Waals surface area contributed by atoms with Gasteiger partial charge in [0, 0.05) is 15.6 Å². The Morgan fingerprint density at radius 2 is 1.77 bits per heavy atom. The van der Waals surface area contributed by atoms with Gasteiger partial charge in [-0.05, 0) is 72.3 Å². The third-order valence-corrected chi connectivity index (χ3v) is 8.76. The van der Waals surface area contributed by atoms with Crippen molar-refractivity contribution in [3.63, 3.8) is 0 Å². The van der Waals surface area contributed by atoms with Crippen LogP contribution in [0.4, 0.5) is 4.39 Å². The summed E-state index contributed by atoms with van der Waals surface area (Å²) in [5, 5.41) is 0. The number of rotatable bonds is 9. The second kappa shape index (κ2) is 14.0. The number of carbonyl (C=O) groups is 2. The topological polar surface area (TPSA) is 96.2 Å². The van der Waals surface area contributed by atoms with Crippen LogP contribution < -0.4 is 19.6 Å². The van der Waals surface area contributed by atoms with E-state index in [0.717, 1.165) is 15.8 Å². The molecular formula is C32H25BrFIN2O6S. The monoisotopic (exact) mass is 790 g/mol. The smallest absolute Gasteiger partial charge is 0.344 e. The maximum Gasteiger partial charge on any atom is 0.344 e. The van der Waals surface area contributed by atoms with Crippen LogP contribution in [0.3, 0.4) is 0 Å². The fraction of sp³-hybridized carbons (Fsp3) is 0.188. The highest BCUT2D eigenvalue weighted by atomic mass is 127. The van der Waals surface area contributed by atoms with E-state index in [4.69, 9.17) is 19.2 Å². The summed E-state index contributed by atoms with van der Waals surface area (Å²) < 4.78 is 33.5. The fourth-order valence-corrected chi connectivity index (χ4v) is 7.41. The lowest BCUT2D eigenvalue weighted by Gasteiger charge is -2.25. The minimum Gasteiger partial charge on any atom is -0.480 e. The third kappa shape index (κ3) is 6.71. The Kier molecular flexibility index (Phi) is 10.1. The van der Waals surface area contributed by atoms with Gasteiger partial charge < -0.3 is 14.2 Å². The van der Waals surface area contributed by atoms with Crippen LogP contribution in [-0.2, 0) is 19.1 Å². The number of halogens is 3. The van der Waals surface area contributed by atoms with E-state index in [1.807, 2.05) is 36.4 Å². The molecule has 1 atom stereocenters. The molecule has 44 heavy (non-hydrogen) atoms. The van der Waals surface area contributed by atoms with Crippen LogP contribution in [0.5, 0.6) is 5.75 Å². The van der Waals surface area contributed by atoms with Gasteiger partial charge in [0.15, 0.2) is 11.4 Å². The highest BCUT2D eigenvalue weighted by Gasteiger charge is 2.35. The molecule has 226 valence electrons. The lowest BCUT2D eigenvalue weighted by atomic mass is 9.93. The number of benzene rings is 3. The van der Waals surface area contributed by atoms with Gasteiger partial charge in [0.1, 0.15) is 11.6 Å². The summed E-state index contributed by atoms with van der Waals surface area (Å²) in [6.07, 6.45) is 1.66. The largest absolute Gasteiger partial charge is 0.480 e. The second-order valence-corrected chi connectivity index (χ2v) is 12.5. The van der Waals surface area contributed by atoms with Gasteiger partial charge >= 0.3 is 11.9 Å². The maximum absolute atomic E-state index is 14.2. The molecule has 0 bridgehead atoms. The normalized spacial score (nSPS) is 14.6. The number of carbonyl (C=O) groups excluding carboxylic acids is 2. The van der Waals surface area contributed by atoms with Crippen molar-refractivity contribution in [1.82, 2.24) is 4.57 Å². The minimum absolute atomic E-state index is 0.112. The summed E-state index contributed by atoms with van der Waals surface area (Å²) in [7, 11) is 0. The molecule has 5 rings (SSSR count). The van der Waals surface area contributed by atoms with Crippen molar-refractivity contribution in [2.75, 3.05) is 19.8 Å². The molecule has 3 aromatic carbocycles. The minimum atomic E-state index is -0.939. The van der Waals surface area contributed by atoms with E-state index in [0.29, 0.717) is 41.0 Å². The SMILES string of the molecule is CCOC(=O)COc1c(I)cc(Br)cc1/C=c1\sc2n(c1=O)[C@H](c1ccc(F)cc1)C(C(=O)OCC)=C(c1ccccc1)N=2. The summed E-state index contributed by atoms with van der Waals surface area (Å²) in [6, 6.07) is 17.5. The van der Waals surface area contributed by atoms with Gasteiger partial charge in [0.05, 0.1) is 38.6 Å². The van der Waals surface area contributed by atoms with Crippen LogP contribution in [0, 0.1) is 9.39 Å². The van der Waals surface area contributed by atoms with Crippen molar-refractivity contribution in [3.8, 4) is 5.75 Å². The van der Waals surface area contributed by atoms with E-state index in [1.54, 1.807) is 38.1 Å². The van der Waals surface area contributed by atoms with Crippen LogP contribution in [0.25, 0.3) is 11.8 Å². The van der Waals surface area contributed by atoms with Crippen LogP contribution in [0.1, 0.15) is 36.6 Å². The van der Waals surface area contributed by atoms with Crippen LogP contribution in [-0.4, -0.2) is 36.3 Å². The van der Waals surface area contributed by atoms with Crippen molar-refractivity contribution in [2.45, 2.75) is 19.9 Å². The molecule has 0 aliphatic carbocycles. The summed E-state index contributed by atoms with van der Waals surface area (Å²) in [5.74, 6) is -1.20. The molecule has 1 aromatic heterocycles. The summed E-state index contributed by atoms with van der Waals surface area (Å²) in [6.45, 7) is 3.44. The van der Waals surface area contributed by atoms with E-state index in [9.17, 15) is 18.8 Å². The van der Waals surface area contributed by atoms with E-state index in [2.05, 4.69) is 38.5 Å². The average molecular weight is 791 g/mol. The number of aromatic nitrogens is 1. The Morgan fingerprint density at radius 3 is 2.45 bits per heavy atom. The fourth-order valence-electron chi connectivity index (χ4n) is 4.72. The molecule has 0 saturated heterocycles. The van der Waals surface area contributed by atoms with Crippen LogP contribution >= 0.6 is 49.9 Å². The summed E-state index contributed by atoms with van der Waals surface area (Å²) in [4.78, 5) is 44.9. The van der Waals surface area contributed by atoms with Crippen molar-refractivity contribution < 1.29 is 28.2 Å². The van der Waals surface area contributed by atoms with Crippen molar-refractivity contribution in [1.29, 1.82) is 0 Å². The Hall–Kier alpha value is -3.62. The molecule has 0 N–H and O–H groups in total. The third-order valence-electron chi connectivity index (χ3n) is 6.52. The van der Waals surface area contributed by atoms with Crippen molar-refractivity contribution >= 4 is 73.6 Å². The molecule has 0 unspecified atom stereocenters. The molecule has 4 aromatic rings. The quantitative estimate of drug-likeness (QED) is 0.167. The standard InChI is InChI=1S/C32H25BrFIN2O6S/c1-3-41-25(38)17-43-29-20(14-21(33)16-23(29)35)15-24-30(39)37-28(19-10-12-22(34)13-11-19)26(31(40)42-4-2)27(36-32(37)44-24)18-8-6-5-7-9-18/h5-16,28H,3-4,17H2,1-2H3/b24-15-/t28-/m1/s1. The lowest BCUT2D eigenvalue weighted by Crippen LogP contribution is -2.40. The number of ether oxygens (including phenoxy) is 3. The first-order valence-corrected chi connectivity index (χ1v) is 16.2. The number of hydrogen-bond acceptors (Lipinski definition) is 8. The summed E-state index contributed by atoms with van der Waals surface area (Å²) in [5.41, 5.74) is 1.84. The van der Waals surface area contributed by atoms with Gasteiger partial charge in [-0.15, -0.1) is 0 Å². The predicted molar refractivity (Wildman–Crippen MR) is 176 cm³/mol. The van der Waals surface area contributed by atoms with Gasteiger partial charge in [-0.3, -0.25) is 9.36 Å². The molecular weight excluding hydrogens is 766 g/mol. The Bertz CT molecular complexity index is 1940. The molecule has 8 nitrogen and oxygen atoms in total. The van der Waals surface area contributed by atoms with Crippen LogP contribution in [0.15, 0.2) is 86.6 Å². The van der Waals surface area contributed by atoms with Gasteiger partial charge in [-0.2, -0.15) is 0 Å². The van der Waals surface area contributed by atoms with E-state index in [1.165, 1.54) is 16.7 Å². The Morgan fingerprint density at radius 1 is 1.07 bits per heavy atom. The molecule has 1 aliphatic rings. The maximum atomic E-state index is 14.2. The van der Waals surface area contributed by atoms with Gasteiger partial charge in [-0.25, -0.2) is 19.0 Å². The molecule has 0 spiro atoms. The number of hydrogen-bond donors (Lipinski definition) is 0. The molecule has 0 fully saturated rings. The highest BCUT2D eigenvalue weighted by molar-refractivity contribution is 14.1. The first-order valence-electron chi connectivity index (χ1n) is 13.5. The second-order valence-electron chi connectivity index (χ2n) is 9.38. The number of thiazole rings is 1. The van der Waals surface area contributed by atoms with Crippen LogP contribution in [0.2, 0.25) is 0 Å². The van der Waals surface area contributed by atoms with Gasteiger partial charge in [0.25, 0.3) is 5.56 Å². The zero-order chi connectivity index (χ0) is 31.4. The van der Waals surface area contributed by atoms with E-state index >= 15 is 0 Å². The molecule has 0 amide bonds. The van der Waals surface area contributed by atoms with Gasteiger partial charge in [0.2, 0.25) is 0 Å². The zero-order valence-corrected chi connectivity index (χ0v) is 28.1. The number of nitrogens with zero attached hydrogens (tertiary/aromatic N) is 2. The molecule has 12 heteroatoms. The molecule has 0 radical (unpaired) electrons. The van der Waals surface area contributed by atoms with E-state index in [-0.39, 0.29) is 25.4 Å². The number of esters is 2. The molecule has 1 aliphatic heterocycles. The first-order chi connectivity index (χ1) is 21.2. The predicted octanol–water partition coefficient (Wildman–Crippen LogP) is 5.38. The first kappa shape index (κ1) is 31.8. The van der Waals surface area contributed by atoms with Crippen molar-refractivity contribution in [3.05, 3.63) is 123 Å². The zero-order valence-electron chi connectivity index (χ0n) is 23.5. The Balaban J connectivity index is 1.76. The lowest BCUT2D eigenvalue weighted by molar-refractivity contribution is -0.145. The van der Waals surface area contributed by atoms with E-state index < -0.39 is 29.4 Å². The van der Waals surface area contributed by atoms with Gasteiger partial charge in [-0.1, -0.05) is 69.7 Å². The molecule has 0 saturated carbocycles.